The predicted molar refractivity (Wildman–Crippen MR) is 71.0 cm³/mol. The second kappa shape index (κ2) is 4.74. The number of aliphatic hydroxyl groups excluding tert-OH is 3. The summed E-state index contributed by atoms with van der Waals surface area (Å²) in [4.78, 5) is 8.40. The van der Waals surface area contributed by atoms with Crippen LogP contribution in [0.2, 0.25) is 0 Å². The van der Waals surface area contributed by atoms with Gasteiger partial charge in [-0.1, -0.05) is 0 Å². The van der Waals surface area contributed by atoms with Gasteiger partial charge in [-0.25, -0.2) is 4.98 Å². The minimum Gasteiger partial charge on any atom is -0.475 e. The number of rotatable bonds is 2. The van der Waals surface area contributed by atoms with Gasteiger partial charge in [-0.2, -0.15) is 4.98 Å². The molecule has 1 unspecified atom stereocenters. The van der Waals surface area contributed by atoms with Crippen molar-refractivity contribution in [1.29, 1.82) is 5.41 Å². The highest BCUT2D eigenvalue weighted by Crippen LogP contribution is 2.33. The lowest BCUT2D eigenvalue weighted by molar-refractivity contribution is -0.0511. The molecule has 4 rings (SSSR count). The summed E-state index contributed by atoms with van der Waals surface area (Å²) in [6.45, 7) is 0.581. The summed E-state index contributed by atoms with van der Waals surface area (Å²) in [6.07, 6.45) is -2.84. The number of aliphatic hydroxyl groups is 3. The Hall–Kier alpha value is -2.01. The molecule has 2 aliphatic rings. The number of hydrogen-bond donors (Lipinski definition) is 4. The van der Waals surface area contributed by atoms with E-state index in [1.54, 1.807) is 4.57 Å². The molecule has 1 saturated heterocycles. The van der Waals surface area contributed by atoms with Crippen molar-refractivity contribution in [3.63, 3.8) is 0 Å². The van der Waals surface area contributed by atoms with E-state index in [0.29, 0.717) is 30.2 Å². The summed E-state index contributed by atoms with van der Waals surface area (Å²) < 4.78 is 14.0. The Morgan fingerprint density at radius 1 is 1.41 bits per heavy atom. The van der Waals surface area contributed by atoms with Gasteiger partial charge >= 0.3 is 1.43 Å². The van der Waals surface area contributed by atoms with E-state index in [1.165, 1.54) is 10.9 Å². The van der Waals surface area contributed by atoms with Crippen LogP contribution in [0.15, 0.2) is 6.33 Å². The van der Waals surface area contributed by atoms with Gasteiger partial charge in [0, 0.05) is 0 Å². The highest BCUT2D eigenvalue weighted by Gasteiger charge is 2.44. The minimum absolute atomic E-state index is 0. The number of ether oxygens (including phenoxy) is 2. The first-order valence-corrected chi connectivity index (χ1v) is 6.89. The highest BCUT2D eigenvalue weighted by molar-refractivity contribution is 5.76. The number of nitrogens with zero attached hydrogens (tertiary/aromatic N) is 4. The van der Waals surface area contributed by atoms with E-state index in [-0.39, 0.29) is 7.04 Å². The molecule has 2 aromatic heterocycles. The largest absolute Gasteiger partial charge is 1.00 e. The van der Waals surface area contributed by atoms with Gasteiger partial charge in [0.25, 0.3) is 0 Å². The van der Waals surface area contributed by atoms with Gasteiger partial charge in [0.2, 0.25) is 11.5 Å². The van der Waals surface area contributed by atoms with E-state index >= 15 is 0 Å². The van der Waals surface area contributed by atoms with E-state index in [9.17, 15) is 10.2 Å². The van der Waals surface area contributed by atoms with Gasteiger partial charge in [0.05, 0.1) is 19.5 Å². The van der Waals surface area contributed by atoms with E-state index in [1.807, 2.05) is 0 Å². The van der Waals surface area contributed by atoms with Crippen molar-refractivity contribution in [3.8, 4) is 5.88 Å². The summed E-state index contributed by atoms with van der Waals surface area (Å²) >= 11 is 0. The Kier molecular flexibility index (Phi) is 2.94. The summed E-state index contributed by atoms with van der Waals surface area (Å²) in [7, 11) is 0. The van der Waals surface area contributed by atoms with Crippen molar-refractivity contribution in [2.75, 3.05) is 13.2 Å². The van der Waals surface area contributed by atoms with Gasteiger partial charge in [0.1, 0.15) is 24.9 Å². The molecule has 0 bridgehead atoms. The maximum Gasteiger partial charge on any atom is 1.00 e. The zero-order valence-electron chi connectivity index (χ0n) is 12.5. The van der Waals surface area contributed by atoms with Crippen LogP contribution >= 0.6 is 0 Å². The Morgan fingerprint density at radius 2 is 2.23 bits per heavy atom. The molecule has 4 heterocycles. The third-order valence-electron chi connectivity index (χ3n) is 4.03. The molecule has 4 N–H and O–H groups in total. The fourth-order valence-corrected chi connectivity index (χ4v) is 2.88. The fraction of sp³-hybridized carbons (Fsp3) is 0.583. The minimum atomic E-state index is -1.23. The molecule has 0 aromatic carbocycles. The van der Waals surface area contributed by atoms with Crippen LogP contribution in [0.4, 0.5) is 0 Å². The topological polar surface area (TPSA) is 139 Å². The average Bonchev–Trinajstić information content (AvgIpc) is 3.19. The summed E-state index contributed by atoms with van der Waals surface area (Å²) in [5.41, 5.74) is 0.813. The predicted octanol–water partition coefficient (Wildman–Crippen LogP) is -2.17. The maximum absolute atomic E-state index is 10.1. The molecule has 10 nitrogen and oxygen atoms in total. The summed E-state index contributed by atoms with van der Waals surface area (Å²) in [5.74, 6) is 0.459. The normalized spacial score (nSPS) is 30.7. The second-order valence-corrected chi connectivity index (χ2v) is 5.29. The number of nitrogens with one attached hydrogen (secondary N) is 1. The monoisotopic (exact) mass is 310 g/mol. The zero-order chi connectivity index (χ0) is 15.4. The first-order valence-electron chi connectivity index (χ1n) is 6.89. The maximum atomic E-state index is 10.1. The molecule has 10 heteroatoms. The molecule has 0 amide bonds. The standard InChI is InChI=1S/C12H15N5O5/c13-12-15-9-6(10-16(12)1-2-21-10)14-4-17(9)11-8(20)7(19)5(3-18)22-11/h4-5,7-8,11,13,18-20H,1-3H2/p+1/t5-,7-,8-,11?/m1/s1. The molecule has 4 atom stereocenters. The molecule has 0 saturated carbocycles. The lowest BCUT2D eigenvalue weighted by Gasteiger charge is -2.16. The van der Waals surface area contributed by atoms with Crippen molar-refractivity contribution < 1.29 is 26.2 Å². The van der Waals surface area contributed by atoms with Gasteiger partial charge in [0.15, 0.2) is 17.4 Å². The Labute approximate surface area is 125 Å². The molecule has 2 aliphatic heterocycles. The first kappa shape index (κ1) is 13.6. The van der Waals surface area contributed by atoms with E-state index < -0.39 is 31.1 Å². The molecule has 0 radical (unpaired) electrons. The molecule has 118 valence electrons. The fourth-order valence-electron chi connectivity index (χ4n) is 2.88. The lowest BCUT2D eigenvalue weighted by atomic mass is 10.1. The molecule has 2 aromatic rings. The number of fused-ring (bicyclic) bond motifs is 3. The quantitative estimate of drug-likeness (QED) is 0.495. The first-order chi connectivity index (χ1) is 10.6. The molecule has 1 fully saturated rings. The molecule has 0 aliphatic carbocycles. The second-order valence-electron chi connectivity index (χ2n) is 5.29. The number of hydrogen-bond acceptors (Lipinski definition) is 8. The molecular weight excluding hydrogens is 294 g/mol. The molecule has 0 spiro atoms. The van der Waals surface area contributed by atoms with E-state index in [4.69, 9.17) is 20.0 Å². The van der Waals surface area contributed by atoms with Crippen LogP contribution in [-0.2, 0) is 11.3 Å². The van der Waals surface area contributed by atoms with Gasteiger partial charge in [-0.3, -0.25) is 14.5 Å². The van der Waals surface area contributed by atoms with Gasteiger partial charge in [-0.15, -0.1) is 0 Å². The van der Waals surface area contributed by atoms with Crippen LogP contribution in [0.25, 0.3) is 11.2 Å². The van der Waals surface area contributed by atoms with Crippen LogP contribution in [0.3, 0.4) is 0 Å². The number of imidazole rings is 1. The van der Waals surface area contributed by atoms with Crippen LogP contribution in [0, 0.1) is 5.41 Å². The van der Waals surface area contributed by atoms with Crippen molar-refractivity contribution in [2.24, 2.45) is 0 Å². The zero-order valence-corrected chi connectivity index (χ0v) is 11.5. The SMILES string of the molecule is N=c1nc2c(ncn2C2O[C@H](CO)[C@@H](O)[C@H]2O)c2n1CCO2.[H+]. The van der Waals surface area contributed by atoms with Gasteiger partial charge < -0.3 is 24.8 Å². The van der Waals surface area contributed by atoms with E-state index in [0.717, 1.165) is 0 Å². The smallest absolute Gasteiger partial charge is 0.475 e. The van der Waals surface area contributed by atoms with Crippen LogP contribution in [-0.4, -0.2) is 65.9 Å². The van der Waals surface area contributed by atoms with Crippen LogP contribution in [0.1, 0.15) is 7.65 Å². The summed E-state index contributed by atoms with van der Waals surface area (Å²) in [6, 6.07) is 0. The highest BCUT2D eigenvalue weighted by atomic mass is 16.6. The van der Waals surface area contributed by atoms with Crippen LogP contribution in [0.5, 0.6) is 5.88 Å². The molecule has 22 heavy (non-hydrogen) atoms. The Morgan fingerprint density at radius 3 is 2.95 bits per heavy atom. The third-order valence-corrected chi connectivity index (χ3v) is 4.03. The van der Waals surface area contributed by atoms with Crippen molar-refractivity contribution in [2.45, 2.75) is 31.1 Å². The van der Waals surface area contributed by atoms with Crippen molar-refractivity contribution in [1.82, 2.24) is 19.1 Å². The number of aromatic nitrogens is 4. The van der Waals surface area contributed by atoms with E-state index in [2.05, 4.69) is 9.97 Å². The summed E-state index contributed by atoms with van der Waals surface area (Å²) in [5, 5.41) is 37.1. The van der Waals surface area contributed by atoms with Crippen LogP contribution < -0.4 is 10.4 Å². The Bertz CT molecular complexity index is 792. The van der Waals surface area contributed by atoms with Gasteiger partial charge in [-0.05, 0) is 0 Å². The molecular formula is C12H16N5O5+. The van der Waals surface area contributed by atoms with Crippen molar-refractivity contribution in [3.05, 3.63) is 11.9 Å². The average molecular weight is 310 g/mol. The lowest BCUT2D eigenvalue weighted by Crippen LogP contribution is -2.33. The van der Waals surface area contributed by atoms with Crippen molar-refractivity contribution >= 4 is 11.2 Å². The Balaban J connectivity index is 0.00000156. The third kappa shape index (κ3) is 1.72.